The molecule has 0 amide bonds. The number of hydrogen-bond donors (Lipinski definition) is 0. The third kappa shape index (κ3) is 22.8. The molecular weight excluding hydrogens is 622 g/mol. The molecule has 0 spiro atoms. The van der Waals surface area contributed by atoms with Gasteiger partial charge in [-0.3, -0.25) is 0 Å². The van der Waals surface area contributed by atoms with Crippen LogP contribution in [0.15, 0.2) is 0 Å². The van der Waals surface area contributed by atoms with Crippen molar-refractivity contribution in [3.8, 4) is 0 Å². The van der Waals surface area contributed by atoms with Gasteiger partial charge in [0, 0.05) is 0 Å². The molecule has 0 aliphatic heterocycles. The monoisotopic (exact) mass is 694 g/mol. The third-order valence-electron chi connectivity index (χ3n) is 8.07. The van der Waals surface area contributed by atoms with Crippen LogP contribution in [0.5, 0.6) is 0 Å². The molecule has 2 heteroatoms. The van der Waals surface area contributed by atoms with Crippen LogP contribution in [0.1, 0.15) is 158 Å². The molecule has 0 aliphatic carbocycles. The summed E-state index contributed by atoms with van der Waals surface area (Å²) in [5.74, 6) is 2.13. The van der Waals surface area contributed by atoms with Crippen molar-refractivity contribution in [2.24, 2.45) is 11.8 Å². The molecule has 0 aliphatic rings. The summed E-state index contributed by atoms with van der Waals surface area (Å²) in [7, 11) is 0. The van der Waals surface area contributed by atoms with Gasteiger partial charge in [-0.05, 0) is 0 Å². The van der Waals surface area contributed by atoms with E-state index in [0.717, 1.165) is 11.8 Å². The van der Waals surface area contributed by atoms with Crippen LogP contribution in [0.4, 0.5) is 0 Å². The summed E-state index contributed by atoms with van der Waals surface area (Å²) < 4.78 is 10.1. The zero-order valence-electron chi connectivity index (χ0n) is 25.7. The topological polar surface area (TPSA) is 0 Å². The number of rotatable bonds is 24. The van der Waals surface area contributed by atoms with Crippen molar-refractivity contribution < 1.29 is 0 Å². The molecule has 0 bridgehead atoms. The van der Waals surface area contributed by atoms with Gasteiger partial charge in [-0.25, -0.2) is 0 Å². The van der Waals surface area contributed by atoms with Crippen LogP contribution in [-0.2, 0) is 0 Å². The Bertz CT molecular complexity index is 334. The van der Waals surface area contributed by atoms with Gasteiger partial charge in [0.2, 0.25) is 0 Å². The predicted octanol–water partition coefficient (Wildman–Crippen LogP) is 12.6. The van der Waals surface area contributed by atoms with Gasteiger partial charge in [0.1, 0.15) is 0 Å². The Morgan fingerprint density at radius 1 is 0.471 bits per heavy atom. The van der Waals surface area contributed by atoms with Crippen molar-refractivity contribution in [1.29, 1.82) is 0 Å². The van der Waals surface area contributed by atoms with Crippen LogP contribution in [0.2, 0.25) is 26.6 Å². The van der Waals surface area contributed by atoms with E-state index >= 15 is 0 Å². The number of hydrogen-bond acceptors (Lipinski definition) is 0. The van der Waals surface area contributed by atoms with E-state index < -0.39 is 18.4 Å². The van der Waals surface area contributed by atoms with Crippen LogP contribution in [-0.4, -0.2) is 39.5 Å². The van der Waals surface area contributed by atoms with E-state index in [1.165, 1.54) is 103 Å². The van der Waals surface area contributed by atoms with Gasteiger partial charge in [0.25, 0.3) is 0 Å². The summed E-state index contributed by atoms with van der Waals surface area (Å²) in [6, 6.07) is 0. The van der Waals surface area contributed by atoms with Gasteiger partial charge in [0.05, 0.1) is 0 Å². The normalized spacial score (nSPS) is 13.4. The molecule has 0 saturated heterocycles. The van der Waals surface area contributed by atoms with E-state index in [-0.39, 0.29) is 21.1 Å². The summed E-state index contributed by atoms with van der Waals surface area (Å²) in [4.78, 5) is 0. The zero-order valence-corrected chi connectivity index (χ0v) is 31.4. The molecule has 0 N–H and O–H groups in total. The van der Waals surface area contributed by atoms with Crippen LogP contribution >= 0.6 is 0 Å². The van der Waals surface area contributed by atoms with Crippen LogP contribution in [0, 0.1) is 11.8 Å². The van der Waals surface area contributed by atoms with E-state index in [1.54, 1.807) is 26.6 Å². The molecule has 2 unspecified atom stereocenters. The van der Waals surface area contributed by atoms with Crippen molar-refractivity contribution >= 4 is 39.5 Å². The van der Waals surface area contributed by atoms with Gasteiger partial charge in [-0.2, -0.15) is 0 Å². The first-order chi connectivity index (χ1) is 16.5. The molecule has 0 aromatic carbocycles. The average molecular weight is 692 g/mol. The fourth-order valence-corrected chi connectivity index (χ4v) is 29.3. The van der Waals surface area contributed by atoms with Gasteiger partial charge in [0.15, 0.2) is 0 Å². The summed E-state index contributed by atoms with van der Waals surface area (Å²) in [5.41, 5.74) is 0. The van der Waals surface area contributed by atoms with Gasteiger partial charge >= 0.3 is 236 Å². The Balaban J connectivity index is 0. The van der Waals surface area contributed by atoms with Crippen molar-refractivity contribution in [3.63, 3.8) is 0 Å². The zero-order chi connectivity index (χ0) is 25.9. The molecule has 0 fully saturated rings. The Labute approximate surface area is 234 Å². The molecule has 0 nitrogen and oxygen atoms in total. The Kier molecular flexibility index (Phi) is 32.4. The second-order valence-electron chi connectivity index (χ2n) is 11.4. The molecule has 0 saturated carbocycles. The first kappa shape index (κ1) is 37.7. The van der Waals surface area contributed by atoms with Crippen LogP contribution in [0.3, 0.4) is 0 Å². The van der Waals surface area contributed by atoms with E-state index in [0.29, 0.717) is 0 Å². The Morgan fingerprint density at radius 3 is 1.12 bits per heavy atom. The molecule has 0 heterocycles. The quantitative estimate of drug-likeness (QED) is 0.0698. The standard InChI is InChI=1S/2C8H17.4C4H9.2Sn/c2*1-4-6-7-8(3)5-2;4*1-3-4-2;;/h2*8H,3-7H2,1-2H3;4*1,3-4H2,2H3;;. The van der Waals surface area contributed by atoms with Crippen molar-refractivity contribution in [1.82, 2.24) is 0 Å². The maximum absolute atomic E-state index is 2.48. The Morgan fingerprint density at radius 2 is 0.824 bits per heavy atom. The van der Waals surface area contributed by atoms with Gasteiger partial charge in [-0.1, -0.05) is 0 Å². The van der Waals surface area contributed by atoms with Crippen molar-refractivity contribution in [3.05, 3.63) is 0 Å². The second-order valence-corrected chi connectivity index (χ2v) is 29.4. The van der Waals surface area contributed by atoms with Gasteiger partial charge in [-0.15, -0.1) is 0 Å². The molecule has 34 heavy (non-hydrogen) atoms. The summed E-state index contributed by atoms with van der Waals surface area (Å²) in [6.45, 7) is 19.1. The molecule has 0 aromatic heterocycles. The fourth-order valence-electron chi connectivity index (χ4n) is 5.56. The Hall–Kier alpha value is 1.60. The molecule has 2 atom stereocenters. The minimum absolute atomic E-state index is 0.149. The third-order valence-corrected chi connectivity index (χ3v) is 28.4. The molecule has 206 valence electrons. The van der Waals surface area contributed by atoms with Gasteiger partial charge < -0.3 is 0 Å². The molecular formula is C32H70Sn2. The molecule has 0 rings (SSSR count). The second kappa shape index (κ2) is 29.2. The summed E-state index contributed by atoms with van der Waals surface area (Å²) in [6.07, 6.45) is 23.4. The summed E-state index contributed by atoms with van der Waals surface area (Å²) >= 11 is -1.85. The van der Waals surface area contributed by atoms with Crippen LogP contribution in [0.25, 0.3) is 0 Å². The average Bonchev–Trinajstić information content (AvgIpc) is 2.86. The van der Waals surface area contributed by atoms with E-state index in [2.05, 4.69) is 55.4 Å². The molecule has 0 aromatic rings. The van der Waals surface area contributed by atoms with E-state index in [9.17, 15) is 0 Å². The first-order valence-electron chi connectivity index (χ1n) is 16.2. The maximum atomic E-state index is 2.48. The minimum atomic E-state index is -2.00. The van der Waals surface area contributed by atoms with Crippen LogP contribution < -0.4 is 0 Å². The first-order valence-corrected chi connectivity index (χ1v) is 28.3. The summed E-state index contributed by atoms with van der Waals surface area (Å²) in [5, 5.41) is 0. The van der Waals surface area contributed by atoms with E-state index in [1.807, 2.05) is 0 Å². The fraction of sp³-hybridized carbons (Fsp3) is 1.00. The molecule has 2 radical (unpaired) electrons. The van der Waals surface area contributed by atoms with E-state index in [4.69, 9.17) is 0 Å². The number of unbranched alkanes of at least 4 members (excludes halogenated alkanes) is 6. The van der Waals surface area contributed by atoms with Crippen molar-refractivity contribution in [2.45, 2.75) is 185 Å². The predicted molar refractivity (Wildman–Crippen MR) is 167 cm³/mol. The van der Waals surface area contributed by atoms with Crippen molar-refractivity contribution in [2.75, 3.05) is 0 Å². The SMILES string of the molecule is CCCCC(CC)[CH2][Sn]([CH2]CCC)([CH2]CCC)[CH2]C(CC)CCCC.CCC[CH2][Sn][CH2]CCC.